The minimum atomic E-state index is -1.04. The zero-order chi connectivity index (χ0) is 13.1. The van der Waals surface area contributed by atoms with E-state index in [4.69, 9.17) is 9.84 Å². The Bertz CT molecular complexity index is 457. The summed E-state index contributed by atoms with van der Waals surface area (Å²) in [7, 11) is 1.77. The van der Waals surface area contributed by atoms with Crippen LogP contribution in [0.4, 0.5) is 0 Å². The van der Waals surface area contributed by atoms with Crippen molar-refractivity contribution >= 4 is 11.9 Å². The Balaban J connectivity index is 2.04. The Labute approximate surface area is 104 Å². The molecule has 0 aliphatic carbocycles. The fraction of sp³-hybridized carbons (Fsp3) is 0.545. The second kappa shape index (κ2) is 5.18. The van der Waals surface area contributed by atoms with Crippen LogP contribution in [0.25, 0.3) is 0 Å². The van der Waals surface area contributed by atoms with Crippen LogP contribution in [0, 0.1) is 0 Å². The molecule has 0 saturated carbocycles. The van der Waals surface area contributed by atoms with E-state index in [1.807, 2.05) is 0 Å². The van der Waals surface area contributed by atoms with E-state index in [1.54, 1.807) is 24.0 Å². The number of ether oxygens (including phenoxy) is 1. The van der Waals surface area contributed by atoms with Gasteiger partial charge in [0, 0.05) is 19.8 Å². The van der Waals surface area contributed by atoms with Crippen molar-refractivity contribution in [3.8, 4) is 0 Å². The van der Waals surface area contributed by atoms with Gasteiger partial charge in [-0.25, -0.2) is 4.79 Å². The molecule has 2 rings (SSSR count). The number of hydrogen-bond donors (Lipinski definition) is 1. The predicted molar refractivity (Wildman–Crippen MR) is 60.9 cm³/mol. The molecule has 0 radical (unpaired) electrons. The minimum Gasteiger partial charge on any atom is -0.480 e. The number of aromatic nitrogens is 2. The van der Waals surface area contributed by atoms with Crippen molar-refractivity contribution in [1.29, 1.82) is 0 Å². The first-order chi connectivity index (χ1) is 8.58. The van der Waals surface area contributed by atoms with Crippen LogP contribution in [0.2, 0.25) is 0 Å². The molecule has 18 heavy (non-hydrogen) atoms. The molecule has 0 spiro atoms. The Morgan fingerprint density at radius 1 is 1.61 bits per heavy atom. The van der Waals surface area contributed by atoms with Gasteiger partial charge in [0.1, 0.15) is 0 Å². The largest absolute Gasteiger partial charge is 0.480 e. The van der Waals surface area contributed by atoms with Crippen LogP contribution in [-0.2, 0) is 27.8 Å². The van der Waals surface area contributed by atoms with E-state index in [2.05, 4.69) is 5.10 Å². The first kappa shape index (κ1) is 12.6. The van der Waals surface area contributed by atoms with Gasteiger partial charge in [0.05, 0.1) is 25.3 Å². The van der Waals surface area contributed by atoms with Crippen molar-refractivity contribution < 1.29 is 19.4 Å². The number of hydrogen-bond acceptors (Lipinski definition) is 4. The van der Waals surface area contributed by atoms with E-state index in [0.29, 0.717) is 18.8 Å². The average molecular weight is 253 g/mol. The third-order valence-electron chi connectivity index (χ3n) is 2.84. The number of carbonyl (C=O) groups excluding carboxylic acids is 1. The summed E-state index contributed by atoms with van der Waals surface area (Å²) in [6.45, 7) is 0.726. The highest BCUT2D eigenvalue weighted by Gasteiger charge is 2.32. The van der Waals surface area contributed by atoms with Crippen molar-refractivity contribution in [2.45, 2.75) is 12.5 Å². The fourth-order valence-corrected chi connectivity index (χ4v) is 1.92. The number of nitrogens with zero attached hydrogens (tertiary/aromatic N) is 3. The summed E-state index contributed by atoms with van der Waals surface area (Å²) in [6.07, 6.45) is 1.86. The lowest BCUT2D eigenvalue weighted by Gasteiger charge is -2.32. The van der Waals surface area contributed by atoms with E-state index in [1.165, 1.54) is 4.90 Å². The van der Waals surface area contributed by atoms with Gasteiger partial charge in [-0.1, -0.05) is 0 Å². The molecule has 1 N–H and O–H groups in total. The Morgan fingerprint density at radius 3 is 3.00 bits per heavy atom. The zero-order valence-electron chi connectivity index (χ0n) is 10.1. The number of carbonyl (C=O) groups is 2. The highest BCUT2D eigenvalue weighted by atomic mass is 16.5. The van der Waals surface area contributed by atoms with Crippen LogP contribution in [0.15, 0.2) is 12.3 Å². The molecule has 1 saturated heterocycles. The molecule has 1 aliphatic heterocycles. The third kappa shape index (κ3) is 2.67. The molecule has 1 aromatic rings. The standard InChI is InChI=1S/C11H15N3O4/c1-13-3-2-8(12-13)6-10(15)14-4-5-18-7-9(14)11(16)17/h2-3,9H,4-7H2,1H3,(H,16,17). The molecule has 1 atom stereocenters. The Morgan fingerprint density at radius 2 is 2.39 bits per heavy atom. The molecule has 0 aromatic carbocycles. The molecular weight excluding hydrogens is 238 g/mol. The van der Waals surface area contributed by atoms with E-state index in [0.717, 1.165) is 0 Å². The topological polar surface area (TPSA) is 84.7 Å². The maximum Gasteiger partial charge on any atom is 0.328 e. The summed E-state index contributed by atoms with van der Waals surface area (Å²) in [4.78, 5) is 24.4. The van der Waals surface area contributed by atoms with E-state index in [-0.39, 0.29) is 18.9 Å². The van der Waals surface area contributed by atoms with Gasteiger partial charge >= 0.3 is 5.97 Å². The third-order valence-corrected chi connectivity index (χ3v) is 2.84. The fourth-order valence-electron chi connectivity index (χ4n) is 1.92. The quantitative estimate of drug-likeness (QED) is 0.768. The molecule has 2 heterocycles. The highest BCUT2D eigenvalue weighted by molar-refractivity contribution is 5.85. The van der Waals surface area contributed by atoms with Crippen molar-refractivity contribution in [2.24, 2.45) is 7.05 Å². The molecule has 1 amide bonds. The van der Waals surface area contributed by atoms with Gasteiger partial charge in [0.2, 0.25) is 5.91 Å². The SMILES string of the molecule is Cn1ccc(CC(=O)N2CCOCC2C(=O)O)n1. The smallest absolute Gasteiger partial charge is 0.328 e. The number of aliphatic carboxylic acids is 1. The van der Waals surface area contributed by atoms with Gasteiger partial charge in [0.25, 0.3) is 0 Å². The number of aryl methyl sites for hydroxylation is 1. The molecule has 7 nitrogen and oxygen atoms in total. The lowest BCUT2D eigenvalue weighted by molar-refractivity contribution is -0.158. The van der Waals surface area contributed by atoms with Crippen molar-refractivity contribution in [2.75, 3.05) is 19.8 Å². The number of morpholine rings is 1. The molecule has 98 valence electrons. The summed E-state index contributed by atoms with van der Waals surface area (Å²) >= 11 is 0. The molecular formula is C11H15N3O4. The molecule has 0 bridgehead atoms. The maximum absolute atomic E-state index is 12.0. The average Bonchev–Trinajstić information content (AvgIpc) is 2.74. The van der Waals surface area contributed by atoms with E-state index < -0.39 is 12.0 Å². The first-order valence-electron chi connectivity index (χ1n) is 5.66. The monoisotopic (exact) mass is 253 g/mol. The number of carboxylic acids is 1. The van der Waals surface area contributed by atoms with Crippen LogP contribution < -0.4 is 0 Å². The van der Waals surface area contributed by atoms with Crippen LogP contribution in [0.1, 0.15) is 5.69 Å². The summed E-state index contributed by atoms with van der Waals surface area (Å²) in [5.74, 6) is -1.27. The summed E-state index contributed by atoms with van der Waals surface area (Å²) < 4.78 is 6.69. The summed E-state index contributed by atoms with van der Waals surface area (Å²) in [5.41, 5.74) is 0.637. The molecule has 1 fully saturated rings. The Kier molecular flexibility index (Phi) is 3.61. The lowest BCUT2D eigenvalue weighted by atomic mass is 10.2. The van der Waals surface area contributed by atoms with Gasteiger partial charge < -0.3 is 14.7 Å². The van der Waals surface area contributed by atoms with Gasteiger partial charge in [-0.2, -0.15) is 5.10 Å². The number of rotatable bonds is 3. The predicted octanol–water partition coefficient (Wildman–Crippen LogP) is -0.725. The number of carboxylic acid groups (broad SMARTS) is 1. The number of amides is 1. The Hall–Kier alpha value is -1.89. The van der Waals surface area contributed by atoms with Crippen LogP contribution in [-0.4, -0.2) is 57.5 Å². The molecule has 1 unspecified atom stereocenters. The maximum atomic E-state index is 12.0. The summed E-state index contributed by atoms with van der Waals surface area (Å²) in [6, 6.07) is 0.851. The second-order valence-corrected chi connectivity index (χ2v) is 4.17. The molecule has 1 aromatic heterocycles. The van der Waals surface area contributed by atoms with E-state index in [9.17, 15) is 9.59 Å². The normalized spacial score (nSPS) is 19.8. The molecule has 7 heteroatoms. The molecule has 1 aliphatic rings. The van der Waals surface area contributed by atoms with Gasteiger partial charge in [-0.05, 0) is 6.07 Å². The van der Waals surface area contributed by atoms with Gasteiger partial charge in [0.15, 0.2) is 6.04 Å². The minimum absolute atomic E-state index is 0.0449. The van der Waals surface area contributed by atoms with Crippen LogP contribution >= 0.6 is 0 Å². The zero-order valence-corrected chi connectivity index (χ0v) is 10.1. The van der Waals surface area contributed by atoms with Crippen molar-refractivity contribution in [3.63, 3.8) is 0 Å². The van der Waals surface area contributed by atoms with Crippen LogP contribution in [0.3, 0.4) is 0 Å². The first-order valence-corrected chi connectivity index (χ1v) is 5.66. The van der Waals surface area contributed by atoms with E-state index >= 15 is 0 Å². The van der Waals surface area contributed by atoms with Crippen LogP contribution in [0.5, 0.6) is 0 Å². The van der Waals surface area contributed by atoms with Gasteiger partial charge in [-0.3, -0.25) is 9.48 Å². The van der Waals surface area contributed by atoms with Gasteiger partial charge in [-0.15, -0.1) is 0 Å². The summed E-state index contributed by atoms with van der Waals surface area (Å²) in [5, 5.41) is 13.1. The van der Waals surface area contributed by atoms with Crippen molar-refractivity contribution in [1.82, 2.24) is 14.7 Å². The van der Waals surface area contributed by atoms with Crippen molar-refractivity contribution in [3.05, 3.63) is 18.0 Å². The highest BCUT2D eigenvalue weighted by Crippen LogP contribution is 2.10. The lowest BCUT2D eigenvalue weighted by Crippen LogP contribution is -2.53. The second-order valence-electron chi connectivity index (χ2n) is 4.17.